The number of aliphatic hydroxyl groups is 1. The lowest BCUT2D eigenvalue weighted by molar-refractivity contribution is -0.137. The van der Waals surface area contributed by atoms with Crippen LogP contribution in [0, 0.1) is 5.92 Å². The highest BCUT2D eigenvalue weighted by Gasteiger charge is 2.51. The first-order valence-electron chi connectivity index (χ1n) is 8.73. The van der Waals surface area contributed by atoms with Crippen LogP contribution in [0.25, 0.3) is 0 Å². The van der Waals surface area contributed by atoms with Gasteiger partial charge in [0, 0.05) is 38.2 Å². The molecule has 132 valence electrons. The average Bonchev–Trinajstić information content (AvgIpc) is 2.87. The molecule has 0 aromatic heterocycles. The molecular weight excluding hydrogens is 304 g/mol. The van der Waals surface area contributed by atoms with Gasteiger partial charge < -0.3 is 14.7 Å². The number of fused-ring (bicyclic) bond motifs is 1. The molecule has 2 aliphatic heterocycles. The molecule has 0 bridgehead atoms. The van der Waals surface area contributed by atoms with Crippen LogP contribution < -0.4 is 4.74 Å². The van der Waals surface area contributed by atoms with Crippen LogP contribution in [-0.2, 0) is 11.3 Å². The number of carbonyl (C=O) groups is 1. The quantitative estimate of drug-likeness (QED) is 0.915. The number of rotatable bonds is 4. The van der Waals surface area contributed by atoms with E-state index in [1.165, 1.54) is 5.56 Å². The van der Waals surface area contributed by atoms with Gasteiger partial charge in [0.05, 0.1) is 19.3 Å². The summed E-state index contributed by atoms with van der Waals surface area (Å²) in [7, 11) is 1.71. The summed E-state index contributed by atoms with van der Waals surface area (Å²) >= 11 is 0. The first-order valence-corrected chi connectivity index (χ1v) is 8.73. The van der Waals surface area contributed by atoms with Gasteiger partial charge in [0.15, 0.2) is 0 Å². The Morgan fingerprint density at radius 1 is 1.42 bits per heavy atom. The van der Waals surface area contributed by atoms with E-state index in [4.69, 9.17) is 4.74 Å². The van der Waals surface area contributed by atoms with Gasteiger partial charge >= 0.3 is 0 Å². The molecule has 0 unspecified atom stereocenters. The fourth-order valence-electron chi connectivity index (χ4n) is 4.67. The number of para-hydroxylation sites is 1. The monoisotopic (exact) mass is 332 g/mol. The lowest BCUT2D eigenvalue weighted by atomic mass is 9.89. The predicted molar refractivity (Wildman–Crippen MR) is 92.8 cm³/mol. The number of methoxy groups -OCH3 is 1. The number of hydrogen-bond donors (Lipinski definition) is 1. The molecule has 1 amide bonds. The van der Waals surface area contributed by atoms with E-state index < -0.39 is 5.54 Å². The van der Waals surface area contributed by atoms with Crippen LogP contribution in [0.5, 0.6) is 5.75 Å². The van der Waals surface area contributed by atoms with E-state index in [9.17, 15) is 9.90 Å². The molecular formula is C19H28N2O3. The van der Waals surface area contributed by atoms with Crippen molar-refractivity contribution in [2.45, 2.75) is 44.8 Å². The van der Waals surface area contributed by atoms with Crippen molar-refractivity contribution in [3.63, 3.8) is 0 Å². The van der Waals surface area contributed by atoms with Crippen molar-refractivity contribution >= 4 is 5.91 Å². The maximum absolute atomic E-state index is 12.1. The van der Waals surface area contributed by atoms with Crippen molar-refractivity contribution < 1.29 is 14.6 Å². The normalized spacial score (nSPS) is 30.2. The van der Waals surface area contributed by atoms with Crippen LogP contribution in [0.3, 0.4) is 0 Å². The van der Waals surface area contributed by atoms with E-state index in [0.29, 0.717) is 5.92 Å². The Kier molecular flexibility index (Phi) is 4.83. The highest BCUT2D eigenvalue weighted by molar-refractivity contribution is 5.75. The first kappa shape index (κ1) is 17.2. The first-order chi connectivity index (χ1) is 11.5. The molecule has 0 radical (unpaired) electrons. The minimum atomic E-state index is -0.415. The molecule has 2 heterocycles. The summed E-state index contributed by atoms with van der Waals surface area (Å²) < 4.78 is 5.46. The largest absolute Gasteiger partial charge is 0.496 e. The number of nitrogens with zero attached hydrogens (tertiary/aromatic N) is 2. The maximum atomic E-state index is 12.1. The average molecular weight is 332 g/mol. The lowest BCUT2D eigenvalue weighted by Crippen LogP contribution is -2.52. The van der Waals surface area contributed by atoms with Crippen LogP contribution in [0.2, 0.25) is 0 Å². The SMILES string of the molecule is COc1ccccc1CN1CC[C@H]2[C@H](C1)C[C@](C)(CO)N2C(C)=O. The second-order valence-corrected chi connectivity index (χ2v) is 7.41. The molecule has 1 aromatic rings. The second-order valence-electron chi connectivity index (χ2n) is 7.41. The van der Waals surface area contributed by atoms with Crippen LogP contribution in [0.15, 0.2) is 24.3 Å². The van der Waals surface area contributed by atoms with Crippen molar-refractivity contribution in [3.05, 3.63) is 29.8 Å². The fourth-order valence-corrected chi connectivity index (χ4v) is 4.67. The molecule has 24 heavy (non-hydrogen) atoms. The van der Waals surface area contributed by atoms with Gasteiger partial charge in [0.2, 0.25) is 5.91 Å². The Labute approximate surface area is 144 Å². The minimum Gasteiger partial charge on any atom is -0.496 e. The van der Waals surface area contributed by atoms with Gasteiger partial charge in [-0.25, -0.2) is 0 Å². The summed E-state index contributed by atoms with van der Waals surface area (Å²) in [6.45, 7) is 6.45. The van der Waals surface area contributed by atoms with Crippen molar-refractivity contribution in [2.75, 3.05) is 26.8 Å². The highest BCUT2D eigenvalue weighted by atomic mass is 16.5. The summed E-state index contributed by atoms with van der Waals surface area (Å²) in [5.41, 5.74) is 0.784. The van der Waals surface area contributed by atoms with E-state index in [0.717, 1.165) is 38.2 Å². The predicted octanol–water partition coefficient (Wildman–Crippen LogP) is 1.89. The summed E-state index contributed by atoms with van der Waals surface area (Å²) in [5.74, 6) is 1.43. The lowest BCUT2D eigenvalue weighted by Gasteiger charge is -2.40. The molecule has 2 saturated heterocycles. The molecule has 3 rings (SSSR count). The van der Waals surface area contributed by atoms with Gasteiger partial charge in [-0.1, -0.05) is 18.2 Å². The number of aliphatic hydroxyl groups excluding tert-OH is 1. The van der Waals surface area contributed by atoms with Gasteiger partial charge in [-0.2, -0.15) is 0 Å². The molecule has 1 N–H and O–H groups in total. The third-order valence-corrected chi connectivity index (χ3v) is 5.66. The maximum Gasteiger partial charge on any atom is 0.220 e. The summed E-state index contributed by atoms with van der Waals surface area (Å²) in [4.78, 5) is 16.5. The number of amides is 1. The molecule has 5 nitrogen and oxygen atoms in total. The van der Waals surface area contributed by atoms with Crippen molar-refractivity contribution in [1.82, 2.24) is 9.80 Å². The van der Waals surface area contributed by atoms with Crippen molar-refractivity contribution in [1.29, 1.82) is 0 Å². The van der Waals surface area contributed by atoms with Crippen LogP contribution in [0.1, 0.15) is 32.3 Å². The molecule has 0 spiro atoms. The Morgan fingerprint density at radius 2 is 2.17 bits per heavy atom. The van der Waals surface area contributed by atoms with Gasteiger partial charge in [-0.3, -0.25) is 9.69 Å². The number of benzene rings is 1. The summed E-state index contributed by atoms with van der Waals surface area (Å²) in [6, 6.07) is 8.40. The van der Waals surface area contributed by atoms with E-state index in [2.05, 4.69) is 11.0 Å². The molecule has 5 heteroatoms. The standard InChI is InChI=1S/C19H28N2O3/c1-14(23)21-17-8-9-20(12-16(17)10-19(21,2)13-22)11-15-6-4-5-7-18(15)24-3/h4-7,16-17,22H,8-13H2,1-3H3/t16-,17-,19+/m0/s1. The number of likely N-dealkylation sites (tertiary alicyclic amines) is 2. The van der Waals surface area contributed by atoms with Gasteiger partial charge in [0.1, 0.15) is 5.75 Å². The third-order valence-electron chi connectivity index (χ3n) is 5.66. The zero-order valence-corrected chi connectivity index (χ0v) is 14.9. The zero-order valence-electron chi connectivity index (χ0n) is 14.9. The number of piperidine rings is 1. The number of carbonyl (C=O) groups excluding carboxylic acids is 1. The van der Waals surface area contributed by atoms with E-state index in [-0.39, 0.29) is 18.6 Å². The van der Waals surface area contributed by atoms with Crippen LogP contribution in [0.4, 0.5) is 0 Å². The second kappa shape index (κ2) is 6.73. The Bertz CT molecular complexity index is 606. The molecule has 2 aliphatic rings. The fraction of sp³-hybridized carbons (Fsp3) is 0.632. The zero-order chi connectivity index (χ0) is 17.3. The molecule has 3 atom stereocenters. The molecule has 1 aromatic carbocycles. The van der Waals surface area contributed by atoms with Gasteiger partial charge in [-0.05, 0) is 31.7 Å². The molecule has 0 aliphatic carbocycles. The third kappa shape index (κ3) is 3.03. The smallest absolute Gasteiger partial charge is 0.220 e. The summed E-state index contributed by atoms with van der Waals surface area (Å²) in [6.07, 6.45) is 1.84. The highest BCUT2D eigenvalue weighted by Crippen LogP contribution is 2.42. The minimum absolute atomic E-state index is 0.0338. The Balaban J connectivity index is 1.72. The number of hydrogen-bond acceptors (Lipinski definition) is 4. The van der Waals surface area contributed by atoms with E-state index in [1.54, 1.807) is 14.0 Å². The van der Waals surface area contributed by atoms with Gasteiger partial charge in [0.25, 0.3) is 0 Å². The molecule has 0 saturated carbocycles. The molecule has 2 fully saturated rings. The van der Waals surface area contributed by atoms with Crippen LogP contribution >= 0.6 is 0 Å². The van der Waals surface area contributed by atoms with E-state index >= 15 is 0 Å². The topological polar surface area (TPSA) is 53.0 Å². The Morgan fingerprint density at radius 3 is 2.83 bits per heavy atom. The Hall–Kier alpha value is -1.59. The van der Waals surface area contributed by atoms with E-state index in [1.807, 2.05) is 30.0 Å². The van der Waals surface area contributed by atoms with Crippen LogP contribution in [-0.4, -0.2) is 59.2 Å². The summed E-state index contributed by atoms with van der Waals surface area (Å²) in [5, 5.41) is 9.84. The van der Waals surface area contributed by atoms with Gasteiger partial charge in [-0.15, -0.1) is 0 Å². The number of ether oxygens (including phenoxy) is 1. The van der Waals surface area contributed by atoms with Crippen molar-refractivity contribution in [2.24, 2.45) is 5.92 Å². The van der Waals surface area contributed by atoms with Crippen molar-refractivity contribution in [3.8, 4) is 5.75 Å².